The molecule has 1 unspecified atom stereocenters. The van der Waals surface area contributed by atoms with E-state index in [0.29, 0.717) is 16.7 Å². The summed E-state index contributed by atoms with van der Waals surface area (Å²) in [4.78, 5) is 22.4. The van der Waals surface area contributed by atoms with Crippen LogP contribution >= 0.6 is 0 Å². The molecule has 2 nitrogen and oxygen atoms in total. The fourth-order valence-electron chi connectivity index (χ4n) is 1.51. The summed E-state index contributed by atoms with van der Waals surface area (Å²) in [6.45, 7) is 4.54. The summed E-state index contributed by atoms with van der Waals surface area (Å²) in [5.41, 5.74) is 1.72. The van der Waals surface area contributed by atoms with E-state index in [9.17, 15) is 14.0 Å². The fourth-order valence-corrected chi connectivity index (χ4v) is 1.51. The smallest absolute Gasteiger partial charge is 0.220 e. The predicted molar refractivity (Wildman–Crippen MR) is 55.8 cm³/mol. The standard InChI is InChI=1S/C12H13FO2/c1-7-5-4-6-8(2)10(7)12(15)11(13)9(3)14/h4-6,11H,1-3H3. The summed E-state index contributed by atoms with van der Waals surface area (Å²) < 4.78 is 13.3. The highest BCUT2D eigenvalue weighted by Crippen LogP contribution is 2.17. The molecule has 0 aliphatic heterocycles. The van der Waals surface area contributed by atoms with E-state index < -0.39 is 17.7 Å². The molecule has 1 rings (SSSR count). The SMILES string of the molecule is CC(=O)C(F)C(=O)c1c(C)cccc1C. The number of carbonyl (C=O) groups is 2. The average Bonchev–Trinajstić information content (AvgIpc) is 2.15. The Bertz CT molecular complexity index is 390. The molecule has 0 spiro atoms. The molecule has 0 bridgehead atoms. The van der Waals surface area contributed by atoms with Gasteiger partial charge in [0.1, 0.15) is 0 Å². The van der Waals surface area contributed by atoms with Crippen LogP contribution in [0.1, 0.15) is 28.4 Å². The highest BCUT2D eigenvalue weighted by atomic mass is 19.1. The Morgan fingerprint density at radius 1 is 1.20 bits per heavy atom. The number of benzene rings is 1. The van der Waals surface area contributed by atoms with Gasteiger partial charge in [0.2, 0.25) is 12.0 Å². The Morgan fingerprint density at radius 3 is 2.07 bits per heavy atom. The van der Waals surface area contributed by atoms with E-state index in [-0.39, 0.29) is 0 Å². The van der Waals surface area contributed by atoms with Gasteiger partial charge in [0.05, 0.1) is 0 Å². The van der Waals surface area contributed by atoms with Crippen LogP contribution < -0.4 is 0 Å². The van der Waals surface area contributed by atoms with E-state index in [1.165, 1.54) is 0 Å². The number of ketones is 2. The van der Waals surface area contributed by atoms with Crippen LogP contribution in [0, 0.1) is 13.8 Å². The summed E-state index contributed by atoms with van der Waals surface area (Å²) in [7, 11) is 0. The molecule has 1 aromatic carbocycles. The van der Waals surface area contributed by atoms with E-state index in [1.54, 1.807) is 32.0 Å². The lowest BCUT2D eigenvalue weighted by molar-refractivity contribution is -0.120. The Balaban J connectivity index is 3.17. The normalized spacial score (nSPS) is 12.3. The van der Waals surface area contributed by atoms with Gasteiger partial charge in [-0.25, -0.2) is 4.39 Å². The zero-order valence-electron chi connectivity index (χ0n) is 9.00. The highest BCUT2D eigenvalue weighted by molar-refractivity contribution is 6.13. The number of Topliss-reactive ketones (excluding diaryl/α,β-unsaturated/α-hetero) is 2. The Morgan fingerprint density at radius 2 is 1.67 bits per heavy atom. The van der Waals surface area contributed by atoms with Crippen LogP contribution in [0.4, 0.5) is 4.39 Å². The number of halogens is 1. The number of carbonyl (C=O) groups excluding carboxylic acids is 2. The van der Waals surface area contributed by atoms with Gasteiger partial charge < -0.3 is 0 Å². The summed E-state index contributed by atoms with van der Waals surface area (Å²) in [5.74, 6) is -1.49. The lowest BCUT2D eigenvalue weighted by atomic mass is 9.96. The van der Waals surface area contributed by atoms with Gasteiger partial charge in [0.25, 0.3) is 0 Å². The second kappa shape index (κ2) is 4.34. The van der Waals surface area contributed by atoms with E-state index in [4.69, 9.17) is 0 Å². The first-order valence-corrected chi connectivity index (χ1v) is 4.70. The van der Waals surface area contributed by atoms with Crippen molar-refractivity contribution in [3.8, 4) is 0 Å². The molecular weight excluding hydrogens is 195 g/mol. The summed E-state index contributed by atoms with van der Waals surface area (Å²) in [6, 6.07) is 5.25. The Kier molecular flexibility index (Phi) is 3.35. The van der Waals surface area contributed by atoms with Gasteiger partial charge in [-0.15, -0.1) is 0 Å². The van der Waals surface area contributed by atoms with Crippen LogP contribution in [0.15, 0.2) is 18.2 Å². The molecule has 1 atom stereocenters. The molecular formula is C12H13FO2. The molecule has 15 heavy (non-hydrogen) atoms. The minimum atomic E-state index is -2.04. The highest BCUT2D eigenvalue weighted by Gasteiger charge is 2.25. The van der Waals surface area contributed by atoms with Gasteiger partial charge in [-0.05, 0) is 31.9 Å². The minimum Gasteiger partial charge on any atom is -0.296 e. The first-order chi connectivity index (χ1) is 6.95. The van der Waals surface area contributed by atoms with Gasteiger partial charge in [0.15, 0.2) is 5.78 Å². The Hall–Kier alpha value is -1.51. The molecule has 0 fully saturated rings. The molecule has 0 heterocycles. The van der Waals surface area contributed by atoms with Crippen molar-refractivity contribution >= 4 is 11.6 Å². The summed E-state index contributed by atoms with van der Waals surface area (Å²) in [5, 5.41) is 0. The topological polar surface area (TPSA) is 34.1 Å². The van der Waals surface area contributed by atoms with Crippen molar-refractivity contribution < 1.29 is 14.0 Å². The van der Waals surface area contributed by atoms with Crippen LogP contribution in [0.5, 0.6) is 0 Å². The summed E-state index contributed by atoms with van der Waals surface area (Å²) in [6.07, 6.45) is -2.04. The van der Waals surface area contributed by atoms with E-state index >= 15 is 0 Å². The quantitative estimate of drug-likeness (QED) is 0.564. The second-order valence-electron chi connectivity index (χ2n) is 3.60. The number of hydrogen-bond donors (Lipinski definition) is 0. The molecule has 0 saturated carbocycles. The van der Waals surface area contributed by atoms with Gasteiger partial charge in [-0.1, -0.05) is 18.2 Å². The molecule has 1 aromatic rings. The molecule has 0 aromatic heterocycles. The predicted octanol–water partition coefficient (Wildman–Crippen LogP) is 2.41. The Labute approximate surface area is 88.1 Å². The third-order valence-corrected chi connectivity index (χ3v) is 2.31. The maximum absolute atomic E-state index is 13.3. The average molecular weight is 208 g/mol. The lowest BCUT2D eigenvalue weighted by Gasteiger charge is -2.09. The molecule has 0 aliphatic rings. The van der Waals surface area contributed by atoms with Crippen molar-refractivity contribution in [3.63, 3.8) is 0 Å². The minimum absolute atomic E-state index is 0.320. The molecule has 0 amide bonds. The van der Waals surface area contributed by atoms with Crippen molar-refractivity contribution in [1.29, 1.82) is 0 Å². The van der Waals surface area contributed by atoms with Crippen LogP contribution in [0.25, 0.3) is 0 Å². The fraction of sp³-hybridized carbons (Fsp3) is 0.333. The molecule has 3 heteroatoms. The van der Waals surface area contributed by atoms with E-state index in [0.717, 1.165) is 6.92 Å². The van der Waals surface area contributed by atoms with Crippen LogP contribution in [-0.2, 0) is 4.79 Å². The molecule has 0 aliphatic carbocycles. The van der Waals surface area contributed by atoms with Crippen LogP contribution in [-0.4, -0.2) is 17.7 Å². The summed E-state index contributed by atoms with van der Waals surface area (Å²) >= 11 is 0. The molecule has 80 valence electrons. The van der Waals surface area contributed by atoms with Crippen molar-refractivity contribution in [3.05, 3.63) is 34.9 Å². The number of rotatable bonds is 3. The maximum Gasteiger partial charge on any atom is 0.220 e. The van der Waals surface area contributed by atoms with E-state index in [1.807, 2.05) is 0 Å². The lowest BCUT2D eigenvalue weighted by Crippen LogP contribution is -2.24. The second-order valence-corrected chi connectivity index (χ2v) is 3.60. The molecule has 0 saturated heterocycles. The van der Waals surface area contributed by atoms with Crippen molar-refractivity contribution in [1.82, 2.24) is 0 Å². The zero-order valence-corrected chi connectivity index (χ0v) is 9.00. The van der Waals surface area contributed by atoms with Gasteiger partial charge >= 0.3 is 0 Å². The van der Waals surface area contributed by atoms with Crippen LogP contribution in [0.2, 0.25) is 0 Å². The first kappa shape index (κ1) is 11.6. The van der Waals surface area contributed by atoms with Gasteiger partial charge in [-0.3, -0.25) is 9.59 Å². The zero-order chi connectivity index (χ0) is 11.6. The number of aryl methyl sites for hydroxylation is 2. The number of hydrogen-bond acceptors (Lipinski definition) is 2. The first-order valence-electron chi connectivity index (χ1n) is 4.70. The maximum atomic E-state index is 13.3. The van der Waals surface area contributed by atoms with Crippen LogP contribution in [0.3, 0.4) is 0 Å². The van der Waals surface area contributed by atoms with Gasteiger partial charge in [-0.2, -0.15) is 0 Å². The monoisotopic (exact) mass is 208 g/mol. The third kappa shape index (κ3) is 2.29. The van der Waals surface area contributed by atoms with Crippen molar-refractivity contribution in [2.45, 2.75) is 26.9 Å². The third-order valence-electron chi connectivity index (χ3n) is 2.31. The largest absolute Gasteiger partial charge is 0.296 e. The van der Waals surface area contributed by atoms with Crippen molar-refractivity contribution in [2.75, 3.05) is 0 Å². The van der Waals surface area contributed by atoms with E-state index in [2.05, 4.69) is 0 Å². The molecule has 0 N–H and O–H groups in total. The van der Waals surface area contributed by atoms with Gasteiger partial charge in [0, 0.05) is 5.56 Å². The molecule has 0 radical (unpaired) electrons. The van der Waals surface area contributed by atoms with Crippen molar-refractivity contribution in [2.24, 2.45) is 0 Å². The number of alkyl halides is 1.